The van der Waals surface area contributed by atoms with Gasteiger partial charge in [-0.05, 0) is 122 Å². The van der Waals surface area contributed by atoms with E-state index < -0.39 is 0 Å². The van der Waals surface area contributed by atoms with Crippen LogP contribution in [-0.2, 0) is 6.42 Å². The van der Waals surface area contributed by atoms with Gasteiger partial charge in [-0.3, -0.25) is 0 Å². The predicted molar refractivity (Wildman–Crippen MR) is 121 cm³/mol. The van der Waals surface area contributed by atoms with Crippen molar-refractivity contribution >= 4 is 0 Å². The first-order valence-electron chi connectivity index (χ1n) is 12.7. The van der Waals surface area contributed by atoms with Crippen LogP contribution in [0, 0.1) is 46.3 Å². The maximum Gasteiger partial charge on any atom is 0.115 e. The van der Waals surface area contributed by atoms with Crippen LogP contribution in [0.2, 0.25) is 0 Å². The Bertz CT molecular complexity index is 740. The second-order valence-electron chi connectivity index (χ2n) is 12.0. The van der Waals surface area contributed by atoms with E-state index in [1.54, 1.807) is 6.07 Å². The van der Waals surface area contributed by atoms with Crippen molar-refractivity contribution in [3.05, 3.63) is 29.8 Å². The largest absolute Gasteiger partial charge is 0.508 e. The summed E-state index contributed by atoms with van der Waals surface area (Å²) in [6, 6.07) is 7.98. The number of fused-ring (bicyclic) bond motifs is 5. The molecule has 4 fully saturated rings. The van der Waals surface area contributed by atoms with Gasteiger partial charge in [0, 0.05) is 0 Å². The average molecular weight is 395 g/mol. The van der Waals surface area contributed by atoms with Gasteiger partial charge in [0.15, 0.2) is 0 Å². The van der Waals surface area contributed by atoms with Crippen molar-refractivity contribution in [3.63, 3.8) is 0 Å². The van der Waals surface area contributed by atoms with Gasteiger partial charge in [-0.2, -0.15) is 0 Å². The van der Waals surface area contributed by atoms with E-state index in [2.05, 4.69) is 26.8 Å². The van der Waals surface area contributed by atoms with Gasteiger partial charge in [0.05, 0.1) is 0 Å². The molecule has 4 saturated carbocycles. The SMILES string of the molecule is CC(Cc1cccc(O)c1)[C@H]1CC[C@H]2[C@@H]3CCC4CCCC[C@]4(C)[C@H]3CC[C@]12C. The highest BCUT2D eigenvalue weighted by atomic mass is 16.3. The van der Waals surface area contributed by atoms with Crippen molar-refractivity contribution in [3.8, 4) is 5.75 Å². The van der Waals surface area contributed by atoms with Crippen LogP contribution in [0.1, 0.15) is 90.5 Å². The van der Waals surface area contributed by atoms with Crippen molar-refractivity contribution < 1.29 is 5.11 Å². The summed E-state index contributed by atoms with van der Waals surface area (Å²) in [5.41, 5.74) is 2.52. The van der Waals surface area contributed by atoms with Gasteiger partial charge in [0.1, 0.15) is 5.75 Å². The maximum atomic E-state index is 9.88. The summed E-state index contributed by atoms with van der Waals surface area (Å²) in [7, 11) is 0. The third-order valence-corrected chi connectivity index (χ3v) is 10.8. The summed E-state index contributed by atoms with van der Waals surface area (Å²) in [5, 5.41) is 9.88. The van der Waals surface area contributed by atoms with Crippen LogP contribution in [-0.4, -0.2) is 5.11 Å². The molecule has 0 spiro atoms. The second kappa shape index (κ2) is 7.31. The van der Waals surface area contributed by atoms with Gasteiger partial charge in [0.25, 0.3) is 0 Å². The number of rotatable bonds is 3. The molecule has 0 aliphatic heterocycles. The summed E-state index contributed by atoms with van der Waals surface area (Å²) in [6.45, 7) is 7.88. The Morgan fingerprint density at radius 3 is 2.59 bits per heavy atom. The molecule has 1 N–H and O–H groups in total. The van der Waals surface area contributed by atoms with Crippen LogP contribution in [0.5, 0.6) is 5.75 Å². The molecule has 0 amide bonds. The molecule has 29 heavy (non-hydrogen) atoms. The third-order valence-electron chi connectivity index (χ3n) is 10.8. The number of aromatic hydroxyl groups is 1. The second-order valence-corrected chi connectivity index (χ2v) is 12.0. The van der Waals surface area contributed by atoms with Gasteiger partial charge in [-0.1, -0.05) is 45.7 Å². The van der Waals surface area contributed by atoms with E-state index in [0.29, 0.717) is 22.5 Å². The smallest absolute Gasteiger partial charge is 0.115 e. The highest BCUT2D eigenvalue weighted by Crippen LogP contribution is 2.68. The average Bonchev–Trinajstić information content (AvgIpc) is 3.05. The molecule has 8 atom stereocenters. The zero-order valence-corrected chi connectivity index (χ0v) is 19.0. The minimum Gasteiger partial charge on any atom is -0.508 e. The van der Waals surface area contributed by atoms with Gasteiger partial charge >= 0.3 is 0 Å². The maximum absolute atomic E-state index is 9.88. The van der Waals surface area contributed by atoms with E-state index in [4.69, 9.17) is 0 Å². The Morgan fingerprint density at radius 1 is 0.931 bits per heavy atom. The Kier molecular flexibility index (Phi) is 5.03. The standard InChI is InChI=1S/C28H42O/c1-19(17-20-7-6-9-22(29)18-20)24-12-13-25-23-11-10-21-8-4-5-15-27(21,2)26(23)14-16-28(24,25)3/h6-7,9,18-19,21,23-26,29H,4-5,8,10-17H2,1-3H3/t19?,21?,23-,24+,25-,26-,27-,28+/m0/s1. The molecule has 0 radical (unpaired) electrons. The van der Waals surface area contributed by atoms with Crippen LogP contribution in [0.3, 0.4) is 0 Å². The summed E-state index contributed by atoms with van der Waals surface area (Å²) < 4.78 is 0. The van der Waals surface area contributed by atoms with Gasteiger partial charge in [-0.15, -0.1) is 0 Å². The monoisotopic (exact) mass is 394 g/mol. The lowest BCUT2D eigenvalue weighted by Gasteiger charge is -2.61. The minimum atomic E-state index is 0.420. The van der Waals surface area contributed by atoms with E-state index in [-0.39, 0.29) is 0 Å². The molecule has 1 aromatic rings. The van der Waals surface area contributed by atoms with Crippen molar-refractivity contribution in [1.82, 2.24) is 0 Å². The fourth-order valence-corrected chi connectivity index (χ4v) is 9.47. The van der Waals surface area contributed by atoms with E-state index in [1.807, 2.05) is 12.1 Å². The summed E-state index contributed by atoms with van der Waals surface area (Å²) >= 11 is 0. The first-order valence-corrected chi connectivity index (χ1v) is 12.7. The van der Waals surface area contributed by atoms with Crippen molar-refractivity contribution in [2.24, 2.45) is 46.3 Å². The molecule has 0 saturated heterocycles. The lowest BCUT2D eigenvalue weighted by molar-refractivity contribution is -0.114. The number of phenolic OH excluding ortho intramolecular Hbond substituents is 1. The number of hydrogen-bond acceptors (Lipinski definition) is 1. The minimum absolute atomic E-state index is 0.420. The van der Waals surface area contributed by atoms with E-state index in [1.165, 1.54) is 69.8 Å². The molecule has 5 rings (SSSR count). The third kappa shape index (κ3) is 3.17. The van der Waals surface area contributed by atoms with Gasteiger partial charge < -0.3 is 5.11 Å². The summed E-state index contributed by atoms with van der Waals surface area (Å²) in [4.78, 5) is 0. The molecule has 160 valence electrons. The molecule has 1 nitrogen and oxygen atoms in total. The topological polar surface area (TPSA) is 20.2 Å². The molecule has 2 unspecified atom stereocenters. The zero-order chi connectivity index (χ0) is 20.2. The van der Waals surface area contributed by atoms with E-state index in [9.17, 15) is 5.11 Å². The van der Waals surface area contributed by atoms with Crippen LogP contribution in [0.4, 0.5) is 0 Å². The molecule has 0 aromatic heterocycles. The Hall–Kier alpha value is -0.980. The quantitative estimate of drug-likeness (QED) is 0.559. The normalized spacial score (nSPS) is 45.1. The van der Waals surface area contributed by atoms with Crippen molar-refractivity contribution in [2.45, 2.75) is 91.4 Å². The number of phenols is 1. The summed E-state index contributed by atoms with van der Waals surface area (Å²) in [5.74, 6) is 6.01. The predicted octanol–water partition coefficient (Wildman–Crippen LogP) is 7.62. The first kappa shape index (κ1) is 20.0. The Balaban J connectivity index is 1.35. The molecule has 4 aliphatic rings. The summed E-state index contributed by atoms with van der Waals surface area (Å²) in [6.07, 6.45) is 16.1. The van der Waals surface area contributed by atoms with Gasteiger partial charge in [-0.25, -0.2) is 0 Å². The molecular formula is C28H42O. The fourth-order valence-electron chi connectivity index (χ4n) is 9.47. The molecule has 0 heterocycles. The van der Waals surface area contributed by atoms with Crippen molar-refractivity contribution in [1.29, 1.82) is 0 Å². The van der Waals surface area contributed by atoms with Gasteiger partial charge in [0.2, 0.25) is 0 Å². The molecule has 0 bridgehead atoms. The highest BCUT2D eigenvalue weighted by molar-refractivity contribution is 5.27. The van der Waals surface area contributed by atoms with Crippen LogP contribution in [0.15, 0.2) is 24.3 Å². The Morgan fingerprint density at radius 2 is 1.76 bits per heavy atom. The van der Waals surface area contributed by atoms with Crippen molar-refractivity contribution in [2.75, 3.05) is 0 Å². The number of hydrogen-bond donors (Lipinski definition) is 1. The number of benzene rings is 1. The molecular weight excluding hydrogens is 352 g/mol. The first-order chi connectivity index (χ1) is 13.9. The lowest BCUT2D eigenvalue weighted by atomic mass is 9.44. The van der Waals surface area contributed by atoms with Crippen LogP contribution < -0.4 is 0 Å². The Labute approximate surface area is 178 Å². The highest BCUT2D eigenvalue weighted by Gasteiger charge is 2.60. The van der Waals surface area contributed by atoms with Crippen LogP contribution in [0.25, 0.3) is 0 Å². The molecule has 1 aromatic carbocycles. The molecule has 4 aliphatic carbocycles. The van der Waals surface area contributed by atoms with E-state index in [0.717, 1.165) is 36.0 Å². The molecule has 1 heteroatoms. The lowest BCUT2D eigenvalue weighted by Crippen LogP contribution is -2.53. The fraction of sp³-hybridized carbons (Fsp3) is 0.786. The van der Waals surface area contributed by atoms with Crippen LogP contribution >= 0.6 is 0 Å². The zero-order valence-electron chi connectivity index (χ0n) is 19.0. The van der Waals surface area contributed by atoms with E-state index >= 15 is 0 Å².